The molecule has 2 aromatic carbocycles. The zero-order valence-corrected chi connectivity index (χ0v) is 20.3. The van der Waals surface area contributed by atoms with Gasteiger partial charge in [-0.3, -0.25) is 14.5 Å². The van der Waals surface area contributed by atoms with E-state index >= 15 is 0 Å². The highest BCUT2D eigenvalue weighted by Gasteiger charge is 2.35. The number of rotatable bonds is 8. The van der Waals surface area contributed by atoms with Crippen LogP contribution in [0.1, 0.15) is 51.7 Å². The normalized spacial score (nSPS) is 14.4. The number of ether oxygens (including phenoxy) is 1. The van der Waals surface area contributed by atoms with Crippen molar-refractivity contribution in [2.45, 2.75) is 52.6 Å². The molecule has 2 aromatic rings. The van der Waals surface area contributed by atoms with E-state index in [0.717, 1.165) is 22.3 Å². The first-order chi connectivity index (χ1) is 15.6. The molecule has 33 heavy (non-hydrogen) atoms. The number of amides is 2. The van der Waals surface area contributed by atoms with Gasteiger partial charge in [-0.1, -0.05) is 76.2 Å². The second-order valence-electron chi connectivity index (χ2n) is 9.44. The summed E-state index contributed by atoms with van der Waals surface area (Å²) in [7, 11) is 1.57. The maximum Gasteiger partial charge on any atom is 0.410 e. The van der Waals surface area contributed by atoms with E-state index in [0.29, 0.717) is 0 Å². The van der Waals surface area contributed by atoms with Crippen LogP contribution in [0.5, 0.6) is 0 Å². The predicted octanol–water partition coefficient (Wildman–Crippen LogP) is 4.62. The summed E-state index contributed by atoms with van der Waals surface area (Å²) in [6.45, 7) is 9.15. The lowest BCUT2D eigenvalue weighted by molar-refractivity contribution is -0.131. The topological polar surface area (TPSA) is 75.7 Å². The van der Waals surface area contributed by atoms with Gasteiger partial charge in [-0.25, -0.2) is 4.79 Å². The van der Waals surface area contributed by atoms with Gasteiger partial charge in [0, 0.05) is 13.0 Å². The smallest absolute Gasteiger partial charge is 0.410 e. The van der Waals surface area contributed by atoms with E-state index in [-0.39, 0.29) is 36.1 Å². The zero-order chi connectivity index (χ0) is 24.3. The summed E-state index contributed by atoms with van der Waals surface area (Å²) in [5.74, 6) is -0.710. The predicted molar refractivity (Wildman–Crippen MR) is 129 cm³/mol. The van der Waals surface area contributed by atoms with E-state index in [1.54, 1.807) is 7.05 Å². The van der Waals surface area contributed by atoms with E-state index in [9.17, 15) is 14.4 Å². The molecule has 176 valence electrons. The highest BCUT2D eigenvalue weighted by Crippen LogP contribution is 2.44. The van der Waals surface area contributed by atoms with Crippen molar-refractivity contribution < 1.29 is 19.1 Å². The summed E-state index contributed by atoms with van der Waals surface area (Å²) in [5, 5.41) is 2.82. The molecule has 0 aromatic heterocycles. The van der Waals surface area contributed by atoms with Crippen molar-refractivity contribution in [3.05, 3.63) is 59.7 Å². The molecule has 6 heteroatoms. The second-order valence-corrected chi connectivity index (χ2v) is 9.44. The van der Waals surface area contributed by atoms with Crippen LogP contribution >= 0.6 is 0 Å². The van der Waals surface area contributed by atoms with Gasteiger partial charge in [-0.2, -0.15) is 0 Å². The van der Waals surface area contributed by atoms with Crippen molar-refractivity contribution in [2.75, 3.05) is 13.7 Å². The highest BCUT2D eigenvalue weighted by molar-refractivity contribution is 5.91. The van der Waals surface area contributed by atoms with Gasteiger partial charge in [0.15, 0.2) is 5.78 Å². The molecule has 0 aliphatic heterocycles. The quantitative estimate of drug-likeness (QED) is 0.637. The standard InChI is InChI=1S/C27H34N2O4/c1-16(2)24(18(5)30)28-26(31)25(17(3)4)29(6)27(32)33-15-23-21-13-9-7-11-19(21)20-12-8-10-14-22(20)23/h7-14,16-17,23-25H,15H2,1-6H3,(H,28,31)/t24-,25?/m0/s1. The molecule has 6 nitrogen and oxygen atoms in total. The van der Waals surface area contributed by atoms with Gasteiger partial charge in [0.2, 0.25) is 5.91 Å². The number of fused-ring (bicyclic) bond motifs is 3. The molecule has 0 heterocycles. The Hall–Kier alpha value is -3.15. The van der Waals surface area contributed by atoms with E-state index in [1.807, 2.05) is 52.0 Å². The lowest BCUT2D eigenvalue weighted by Crippen LogP contribution is -2.55. The monoisotopic (exact) mass is 450 g/mol. The van der Waals surface area contributed by atoms with Gasteiger partial charge in [0.1, 0.15) is 12.6 Å². The van der Waals surface area contributed by atoms with Gasteiger partial charge >= 0.3 is 6.09 Å². The Balaban J connectivity index is 1.73. The minimum Gasteiger partial charge on any atom is -0.448 e. The Bertz CT molecular complexity index is 985. The van der Waals surface area contributed by atoms with Gasteiger partial charge in [-0.05, 0) is 41.0 Å². The van der Waals surface area contributed by atoms with Crippen LogP contribution in [0.4, 0.5) is 4.79 Å². The Labute approximate surface area is 196 Å². The van der Waals surface area contributed by atoms with Crippen LogP contribution in [0.3, 0.4) is 0 Å². The highest BCUT2D eigenvalue weighted by atomic mass is 16.6. The molecule has 0 radical (unpaired) electrons. The number of carbonyl (C=O) groups excluding carboxylic acids is 3. The number of likely N-dealkylation sites (N-methyl/N-ethyl adjacent to an activating group) is 1. The molecule has 3 rings (SSSR count). The first-order valence-corrected chi connectivity index (χ1v) is 11.5. The average Bonchev–Trinajstić information content (AvgIpc) is 3.09. The van der Waals surface area contributed by atoms with Crippen LogP contribution in [0.25, 0.3) is 11.1 Å². The van der Waals surface area contributed by atoms with Crippen molar-refractivity contribution in [3.8, 4) is 11.1 Å². The maximum absolute atomic E-state index is 13.0. The first-order valence-electron chi connectivity index (χ1n) is 11.5. The molecular weight excluding hydrogens is 416 g/mol. The minimum atomic E-state index is -0.749. The van der Waals surface area contributed by atoms with Crippen LogP contribution in [-0.2, 0) is 14.3 Å². The molecular formula is C27H34N2O4. The van der Waals surface area contributed by atoms with Crippen molar-refractivity contribution in [1.82, 2.24) is 10.2 Å². The van der Waals surface area contributed by atoms with Crippen molar-refractivity contribution >= 4 is 17.8 Å². The Kier molecular flexibility index (Phi) is 7.57. The summed E-state index contributed by atoms with van der Waals surface area (Å²) >= 11 is 0. The minimum absolute atomic E-state index is 0.0426. The van der Waals surface area contributed by atoms with Crippen LogP contribution in [0.2, 0.25) is 0 Å². The molecule has 2 atom stereocenters. The zero-order valence-electron chi connectivity index (χ0n) is 20.3. The lowest BCUT2D eigenvalue weighted by Gasteiger charge is -2.31. The Morgan fingerprint density at radius 3 is 1.88 bits per heavy atom. The Morgan fingerprint density at radius 1 is 0.909 bits per heavy atom. The van der Waals surface area contributed by atoms with E-state index in [1.165, 1.54) is 11.8 Å². The summed E-state index contributed by atoms with van der Waals surface area (Å²) < 4.78 is 5.72. The second kappa shape index (κ2) is 10.2. The van der Waals surface area contributed by atoms with Gasteiger partial charge in [-0.15, -0.1) is 0 Å². The summed E-state index contributed by atoms with van der Waals surface area (Å²) in [6.07, 6.45) is -0.561. The number of benzene rings is 2. The van der Waals surface area contributed by atoms with Crippen LogP contribution in [0.15, 0.2) is 48.5 Å². The summed E-state index contributed by atoms with van der Waals surface area (Å²) in [4.78, 5) is 39.3. The maximum atomic E-state index is 13.0. The third-order valence-electron chi connectivity index (χ3n) is 6.34. The van der Waals surface area contributed by atoms with Crippen molar-refractivity contribution in [2.24, 2.45) is 11.8 Å². The molecule has 0 spiro atoms. The number of hydrogen-bond acceptors (Lipinski definition) is 4. The Morgan fingerprint density at radius 2 is 1.42 bits per heavy atom. The molecule has 0 saturated heterocycles. The van der Waals surface area contributed by atoms with Crippen molar-refractivity contribution in [3.63, 3.8) is 0 Å². The number of carbonyl (C=O) groups is 3. The SMILES string of the molecule is CC(=O)[C@@H](NC(=O)C(C(C)C)N(C)C(=O)OCC1c2ccccc2-c2ccccc21)C(C)C. The number of ketones is 1. The molecule has 1 unspecified atom stereocenters. The molecule has 2 amide bonds. The van der Waals surface area contributed by atoms with E-state index in [4.69, 9.17) is 4.74 Å². The van der Waals surface area contributed by atoms with E-state index < -0.39 is 18.2 Å². The third kappa shape index (κ3) is 5.10. The molecule has 1 aliphatic carbocycles. The van der Waals surface area contributed by atoms with Crippen LogP contribution in [0, 0.1) is 11.8 Å². The van der Waals surface area contributed by atoms with Gasteiger partial charge in [0.25, 0.3) is 0 Å². The van der Waals surface area contributed by atoms with Crippen LogP contribution < -0.4 is 5.32 Å². The summed E-state index contributed by atoms with van der Waals surface area (Å²) in [6, 6.07) is 15.0. The number of Topliss-reactive ketones (excluding diaryl/α,β-unsaturated/α-hetero) is 1. The number of nitrogens with zero attached hydrogens (tertiary/aromatic N) is 1. The third-order valence-corrected chi connectivity index (χ3v) is 6.34. The number of nitrogens with one attached hydrogen (secondary N) is 1. The molecule has 1 N–H and O–H groups in total. The molecule has 0 bridgehead atoms. The lowest BCUT2D eigenvalue weighted by atomic mass is 9.97. The number of hydrogen-bond donors (Lipinski definition) is 1. The fourth-order valence-electron chi connectivity index (χ4n) is 4.71. The molecule has 1 aliphatic rings. The fraction of sp³-hybridized carbons (Fsp3) is 0.444. The average molecular weight is 451 g/mol. The molecule has 0 fully saturated rings. The van der Waals surface area contributed by atoms with Crippen LogP contribution in [-0.4, -0.2) is 48.4 Å². The fourth-order valence-corrected chi connectivity index (χ4v) is 4.71. The van der Waals surface area contributed by atoms with Gasteiger partial charge in [0.05, 0.1) is 6.04 Å². The molecule has 0 saturated carbocycles. The largest absolute Gasteiger partial charge is 0.448 e. The van der Waals surface area contributed by atoms with Gasteiger partial charge < -0.3 is 10.1 Å². The van der Waals surface area contributed by atoms with Crippen molar-refractivity contribution in [1.29, 1.82) is 0 Å². The first kappa shape index (κ1) is 24.5. The van der Waals surface area contributed by atoms with E-state index in [2.05, 4.69) is 29.6 Å². The summed E-state index contributed by atoms with van der Waals surface area (Å²) in [5.41, 5.74) is 4.58.